The molecular formula is C14H16N2O4S2. The molecule has 2 rings (SSSR count). The zero-order chi connectivity index (χ0) is 16.7. The van der Waals surface area contributed by atoms with Crippen LogP contribution in [0.1, 0.15) is 11.1 Å². The van der Waals surface area contributed by atoms with Crippen LogP contribution in [0.15, 0.2) is 51.1 Å². The molecule has 0 bridgehead atoms. The van der Waals surface area contributed by atoms with Crippen molar-refractivity contribution in [3.8, 4) is 0 Å². The number of anilines is 1. The van der Waals surface area contributed by atoms with Crippen LogP contribution in [-0.2, 0) is 19.9 Å². The molecule has 2 aromatic carbocycles. The van der Waals surface area contributed by atoms with E-state index >= 15 is 0 Å². The second-order valence-electron chi connectivity index (χ2n) is 4.97. The van der Waals surface area contributed by atoms with E-state index in [1.54, 1.807) is 6.92 Å². The van der Waals surface area contributed by atoms with Crippen LogP contribution < -0.4 is 10.9 Å². The van der Waals surface area contributed by atoms with Crippen LogP contribution >= 0.6 is 0 Å². The summed E-state index contributed by atoms with van der Waals surface area (Å²) >= 11 is 0. The number of primary sulfonamides is 1. The Morgan fingerprint density at radius 1 is 0.909 bits per heavy atom. The van der Waals surface area contributed by atoms with Crippen molar-refractivity contribution in [1.82, 2.24) is 0 Å². The van der Waals surface area contributed by atoms with Gasteiger partial charge >= 0.3 is 0 Å². The quantitative estimate of drug-likeness (QED) is 0.817. The number of benzene rings is 2. The molecule has 0 aliphatic heterocycles. The summed E-state index contributed by atoms with van der Waals surface area (Å²) in [5.74, 6) is 0. The maximum absolute atomic E-state index is 12.8. The topological polar surface area (TPSA) is 120 Å². The molecule has 0 spiro atoms. The van der Waals surface area contributed by atoms with Gasteiger partial charge in [-0.15, -0.1) is 0 Å². The second-order valence-corrected chi connectivity index (χ2v) is 8.39. The first-order valence-corrected chi connectivity index (χ1v) is 9.31. The Kier molecular flexibility index (Phi) is 4.03. The van der Waals surface area contributed by atoms with Gasteiger partial charge in [0.2, 0.25) is 19.9 Å². The van der Waals surface area contributed by atoms with E-state index in [-0.39, 0.29) is 20.2 Å². The molecule has 0 radical (unpaired) electrons. The van der Waals surface area contributed by atoms with Gasteiger partial charge in [0.25, 0.3) is 0 Å². The predicted molar refractivity (Wildman–Crippen MR) is 83.6 cm³/mol. The average Bonchev–Trinajstić information content (AvgIpc) is 2.40. The summed E-state index contributed by atoms with van der Waals surface area (Å²) in [6, 6.07) is 8.41. The highest BCUT2D eigenvalue weighted by Crippen LogP contribution is 2.30. The summed E-state index contributed by atoms with van der Waals surface area (Å²) < 4.78 is 49.0. The summed E-state index contributed by atoms with van der Waals surface area (Å²) in [4.78, 5) is -0.752. The molecule has 4 N–H and O–H groups in total. The van der Waals surface area contributed by atoms with Crippen molar-refractivity contribution in [2.24, 2.45) is 5.14 Å². The molecule has 0 aromatic heterocycles. The highest BCUT2D eigenvalue weighted by Gasteiger charge is 2.27. The first-order valence-electron chi connectivity index (χ1n) is 6.29. The molecule has 0 heterocycles. The standard InChI is InChI=1S/C14H16N2O4S2/c1-9-4-3-5-13(14(9)22(16,19)20)21(17,18)11-6-7-12(15)10(2)8-11/h3-8H,15H2,1-2H3,(H2,16,19,20). The summed E-state index contributed by atoms with van der Waals surface area (Å²) in [6.45, 7) is 3.16. The van der Waals surface area contributed by atoms with Crippen molar-refractivity contribution in [3.63, 3.8) is 0 Å². The van der Waals surface area contributed by atoms with Gasteiger partial charge in [-0.2, -0.15) is 0 Å². The van der Waals surface area contributed by atoms with Gasteiger partial charge in [-0.1, -0.05) is 12.1 Å². The van der Waals surface area contributed by atoms with E-state index in [4.69, 9.17) is 10.9 Å². The van der Waals surface area contributed by atoms with Crippen LogP contribution in [0.25, 0.3) is 0 Å². The van der Waals surface area contributed by atoms with Gasteiger partial charge in [0.05, 0.1) is 9.79 Å². The molecule has 0 saturated heterocycles. The molecule has 0 atom stereocenters. The number of rotatable bonds is 3. The van der Waals surface area contributed by atoms with E-state index in [2.05, 4.69) is 0 Å². The maximum atomic E-state index is 12.8. The van der Waals surface area contributed by atoms with Crippen LogP contribution in [-0.4, -0.2) is 16.8 Å². The lowest BCUT2D eigenvalue weighted by Crippen LogP contribution is -2.18. The van der Waals surface area contributed by atoms with E-state index < -0.39 is 19.9 Å². The lowest BCUT2D eigenvalue weighted by molar-refractivity contribution is 0.582. The highest BCUT2D eigenvalue weighted by molar-refractivity contribution is 7.93. The van der Waals surface area contributed by atoms with Gasteiger partial charge in [-0.25, -0.2) is 22.0 Å². The minimum Gasteiger partial charge on any atom is -0.399 e. The van der Waals surface area contributed by atoms with Gasteiger partial charge in [-0.3, -0.25) is 0 Å². The van der Waals surface area contributed by atoms with Gasteiger partial charge in [0.1, 0.15) is 4.90 Å². The smallest absolute Gasteiger partial charge is 0.239 e. The van der Waals surface area contributed by atoms with Gasteiger partial charge in [0, 0.05) is 5.69 Å². The third-order valence-corrected chi connectivity index (χ3v) is 6.34. The van der Waals surface area contributed by atoms with E-state index in [0.717, 1.165) is 0 Å². The normalized spacial score (nSPS) is 12.3. The lowest BCUT2D eigenvalue weighted by Gasteiger charge is -2.12. The Bertz CT molecular complexity index is 949. The molecular weight excluding hydrogens is 324 g/mol. The molecule has 6 nitrogen and oxygen atoms in total. The number of hydrogen-bond donors (Lipinski definition) is 2. The summed E-state index contributed by atoms with van der Waals surface area (Å²) in [6.07, 6.45) is 0. The Hall–Kier alpha value is -1.90. The summed E-state index contributed by atoms with van der Waals surface area (Å²) in [5, 5.41) is 5.17. The van der Waals surface area contributed by atoms with Crippen molar-refractivity contribution in [2.45, 2.75) is 28.5 Å². The lowest BCUT2D eigenvalue weighted by atomic mass is 10.2. The van der Waals surface area contributed by atoms with Gasteiger partial charge < -0.3 is 5.73 Å². The van der Waals surface area contributed by atoms with Crippen molar-refractivity contribution in [3.05, 3.63) is 47.5 Å². The number of aryl methyl sites for hydroxylation is 2. The maximum Gasteiger partial charge on any atom is 0.239 e. The number of hydrogen-bond acceptors (Lipinski definition) is 5. The minimum absolute atomic E-state index is 0.0327. The van der Waals surface area contributed by atoms with Crippen LogP contribution in [0.2, 0.25) is 0 Å². The molecule has 0 aliphatic carbocycles. The third-order valence-electron chi connectivity index (χ3n) is 3.30. The van der Waals surface area contributed by atoms with Crippen molar-refractivity contribution >= 4 is 25.5 Å². The zero-order valence-corrected chi connectivity index (χ0v) is 13.7. The first-order chi connectivity index (χ1) is 10.0. The van der Waals surface area contributed by atoms with E-state index in [0.29, 0.717) is 11.3 Å². The Morgan fingerprint density at radius 2 is 1.55 bits per heavy atom. The Morgan fingerprint density at radius 3 is 2.09 bits per heavy atom. The molecule has 2 aromatic rings. The van der Waals surface area contributed by atoms with Crippen molar-refractivity contribution in [2.75, 3.05) is 5.73 Å². The predicted octanol–water partition coefficient (Wildman–Crippen LogP) is 1.37. The first kappa shape index (κ1) is 16.5. The van der Waals surface area contributed by atoms with Crippen molar-refractivity contribution in [1.29, 1.82) is 0 Å². The second kappa shape index (κ2) is 5.38. The monoisotopic (exact) mass is 340 g/mol. The summed E-state index contributed by atoms with van der Waals surface area (Å²) in [7, 11) is -8.21. The average molecular weight is 340 g/mol. The third kappa shape index (κ3) is 2.85. The van der Waals surface area contributed by atoms with Crippen molar-refractivity contribution < 1.29 is 16.8 Å². The van der Waals surface area contributed by atoms with Gasteiger partial charge in [0.15, 0.2) is 0 Å². The molecule has 22 heavy (non-hydrogen) atoms. The van der Waals surface area contributed by atoms with Crippen LogP contribution in [0, 0.1) is 13.8 Å². The number of nitrogen functional groups attached to an aromatic ring is 1. The Labute approximate surface area is 129 Å². The fourth-order valence-electron chi connectivity index (χ4n) is 2.14. The number of nitrogens with two attached hydrogens (primary N) is 2. The number of sulfonamides is 1. The minimum atomic E-state index is -4.18. The molecule has 0 saturated carbocycles. The summed E-state index contributed by atoms with van der Waals surface area (Å²) in [5.41, 5.74) is 7.00. The SMILES string of the molecule is Cc1cc(S(=O)(=O)c2cccc(C)c2S(N)(=O)=O)ccc1N. The molecule has 0 fully saturated rings. The van der Waals surface area contributed by atoms with E-state index in [1.165, 1.54) is 43.3 Å². The fraction of sp³-hybridized carbons (Fsp3) is 0.143. The molecule has 0 amide bonds. The van der Waals surface area contributed by atoms with Crippen LogP contribution in [0.3, 0.4) is 0 Å². The van der Waals surface area contributed by atoms with Crippen LogP contribution in [0.5, 0.6) is 0 Å². The van der Waals surface area contributed by atoms with E-state index in [9.17, 15) is 16.8 Å². The van der Waals surface area contributed by atoms with Gasteiger partial charge in [-0.05, 0) is 49.2 Å². The largest absolute Gasteiger partial charge is 0.399 e. The van der Waals surface area contributed by atoms with Crippen LogP contribution in [0.4, 0.5) is 5.69 Å². The highest BCUT2D eigenvalue weighted by atomic mass is 32.2. The number of sulfone groups is 1. The Balaban J connectivity index is 2.80. The van der Waals surface area contributed by atoms with E-state index in [1.807, 2.05) is 0 Å². The fourth-order valence-corrected chi connectivity index (χ4v) is 5.18. The molecule has 0 unspecified atom stereocenters. The molecule has 0 aliphatic rings. The zero-order valence-electron chi connectivity index (χ0n) is 12.1. The molecule has 118 valence electrons. The molecule has 8 heteroatoms.